The topological polar surface area (TPSA) is 21.3 Å². The summed E-state index contributed by atoms with van der Waals surface area (Å²) in [5.41, 5.74) is 0.922. The molecule has 0 bridgehead atoms. The van der Waals surface area contributed by atoms with Crippen LogP contribution < -0.4 is 10.1 Å². The molecule has 0 amide bonds. The van der Waals surface area contributed by atoms with Crippen molar-refractivity contribution in [3.05, 3.63) is 29.6 Å². The molecule has 2 rings (SSSR count). The van der Waals surface area contributed by atoms with Gasteiger partial charge in [0.05, 0.1) is 6.61 Å². The first kappa shape index (κ1) is 13.3. The fraction of sp³-hybridized carbons (Fsp3) is 0.600. The van der Waals surface area contributed by atoms with Crippen LogP contribution in [0, 0.1) is 11.7 Å². The maximum absolute atomic E-state index is 13.3. The standard InChI is InChI=1S/C15H22FNO/c1-11(2)7-8-18-15-6-3-13(16)9-12(15)10-17-14-4-5-14/h3,6,9,11,14,17H,4-5,7-8,10H2,1-2H3. The Bertz CT molecular complexity index is 388. The summed E-state index contributed by atoms with van der Waals surface area (Å²) in [5.74, 6) is 1.24. The average molecular weight is 251 g/mol. The summed E-state index contributed by atoms with van der Waals surface area (Å²) in [6.07, 6.45) is 3.49. The van der Waals surface area contributed by atoms with Gasteiger partial charge in [-0.15, -0.1) is 0 Å². The summed E-state index contributed by atoms with van der Waals surface area (Å²) < 4.78 is 19.0. The fourth-order valence-corrected chi connectivity index (χ4v) is 1.77. The lowest BCUT2D eigenvalue weighted by Crippen LogP contribution is -2.16. The van der Waals surface area contributed by atoms with Crippen LogP contribution >= 0.6 is 0 Å². The molecule has 3 heteroatoms. The lowest BCUT2D eigenvalue weighted by molar-refractivity contribution is 0.286. The minimum Gasteiger partial charge on any atom is -0.493 e. The van der Waals surface area contributed by atoms with Crippen LogP contribution in [0.3, 0.4) is 0 Å². The third kappa shape index (κ3) is 4.30. The number of ether oxygens (including phenoxy) is 1. The van der Waals surface area contributed by atoms with Crippen LogP contribution in [0.4, 0.5) is 4.39 Å². The maximum atomic E-state index is 13.3. The van der Waals surface area contributed by atoms with Crippen molar-refractivity contribution < 1.29 is 9.13 Å². The molecule has 100 valence electrons. The lowest BCUT2D eigenvalue weighted by atomic mass is 10.1. The molecule has 0 radical (unpaired) electrons. The molecule has 0 unspecified atom stereocenters. The van der Waals surface area contributed by atoms with E-state index in [1.165, 1.54) is 18.9 Å². The van der Waals surface area contributed by atoms with Gasteiger partial charge in [0.15, 0.2) is 0 Å². The second-order valence-electron chi connectivity index (χ2n) is 5.44. The van der Waals surface area contributed by atoms with E-state index in [0.29, 0.717) is 25.1 Å². The molecule has 1 fully saturated rings. The Morgan fingerprint density at radius 2 is 2.17 bits per heavy atom. The minimum absolute atomic E-state index is 0.196. The van der Waals surface area contributed by atoms with Gasteiger partial charge in [0, 0.05) is 18.2 Å². The second-order valence-corrected chi connectivity index (χ2v) is 5.44. The van der Waals surface area contributed by atoms with Crippen molar-refractivity contribution >= 4 is 0 Å². The summed E-state index contributed by atoms with van der Waals surface area (Å²) >= 11 is 0. The van der Waals surface area contributed by atoms with E-state index in [1.54, 1.807) is 12.1 Å². The van der Waals surface area contributed by atoms with Crippen molar-refractivity contribution in [3.8, 4) is 5.75 Å². The molecule has 1 aliphatic carbocycles. The first-order valence-corrected chi connectivity index (χ1v) is 6.80. The molecule has 18 heavy (non-hydrogen) atoms. The fourth-order valence-electron chi connectivity index (χ4n) is 1.77. The third-order valence-corrected chi connectivity index (χ3v) is 3.13. The molecule has 1 aromatic rings. The Morgan fingerprint density at radius 1 is 1.39 bits per heavy atom. The molecular weight excluding hydrogens is 229 g/mol. The molecule has 0 spiro atoms. The van der Waals surface area contributed by atoms with Crippen molar-refractivity contribution in [1.29, 1.82) is 0 Å². The first-order valence-electron chi connectivity index (χ1n) is 6.80. The smallest absolute Gasteiger partial charge is 0.123 e. The van der Waals surface area contributed by atoms with E-state index < -0.39 is 0 Å². The minimum atomic E-state index is -0.196. The SMILES string of the molecule is CC(C)CCOc1ccc(F)cc1CNC1CC1. The molecular formula is C15H22FNO. The largest absolute Gasteiger partial charge is 0.493 e. The van der Waals surface area contributed by atoms with E-state index in [4.69, 9.17) is 4.74 Å². The molecule has 0 atom stereocenters. The Balaban J connectivity index is 1.93. The van der Waals surface area contributed by atoms with Crippen LogP contribution in [0.25, 0.3) is 0 Å². The molecule has 1 saturated carbocycles. The predicted molar refractivity (Wildman–Crippen MR) is 71.2 cm³/mol. The molecule has 0 saturated heterocycles. The highest BCUT2D eigenvalue weighted by Crippen LogP contribution is 2.23. The summed E-state index contributed by atoms with van der Waals surface area (Å²) in [4.78, 5) is 0. The van der Waals surface area contributed by atoms with Crippen LogP contribution in [0.1, 0.15) is 38.7 Å². The summed E-state index contributed by atoms with van der Waals surface area (Å²) in [5, 5.41) is 3.39. The van der Waals surface area contributed by atoms with Gasteiger partial charge in [0.25, 0.3) is 0 Å². The van der Waals surface area contributed by atoms with Crippen molar-refractivity contribution in [1.82, 2.24) is 5.32 Å². The zero-order valence-corrected chi connectivity index (χ0v) is 11.2. The molecule has 0 aromatic heterocycles. The highest BCUT2D eigenvalue weighted by molar-refractivity contribution is 5.34. The highest BCUT2D eigenvalue weighted by Gasteiger charge is 2.20. The summed E-state index contributed by atoms with van der Waals surface area (Å²) in [7, 11) is 0. The van der Waals surface area contributed by atoms with Crippen LogP contribution in [0.2, 0.25) is 0 Å². The van der Waals surface area contributed by atoms with Crippen LogP contribution in [-0.4, -0.2) is 12.6 Å². The van der Waals surface area contributed by atoms with E-state index in [2.05, 4.69) is 19.2 Å². The Morgan fingerprint density at radius 3 is 2.83 bits per heavy atom. The molecule has 1 aliphatic rings. The van der Waals surface area contributed by atoms with Gasteiger partial charge in [-0.05, 0) is 43.4 Å². The van der Waals surface area contributed by atoms with Gasteiger partial charge in [0.1, 0.15) is 11.6 Å². The predicted octanol–water partition coefficient (Wildman–Crippen LogP) is 3.50. The quantitative estimate of drug-likeness (QED) is 0.800. The summed E-state index contributed by atoms with van der Waals surface area (Å²) in [6.45, 7) is 5.73. The van der Waals surface area contributed by atoms with Gasteiger partial charge in [0.2, 0.25) is 0 Å². The van der Waals surface area contributed by atoms with Crippen LogP contribution in [0.15, 0.2) is 18.2 Å². The maximum Gasteiger partial charge on any atom is 0.123 e. The zero-order valence-electron chi connectivity index (χ0n) is 11.2. The van der Waals surface area contributed by atoms with E-state index in [-0.39, 0.29) is 5.82 Å². The van der Waals surface area contributed by atoms with Crippen molar-refractivity contribution in [2.75, 3.05) is 6.61 Å². The molecule has 0 aliphatic heterocycles. The number of hydrogen-bond donors (Lipinski definition) is 1. The number of halogens is 1. The second kappa shape index (κ2) is 6.19. The molecule has 1 N–H and O–H groups in total. The zero-order chi connectivity index (χ0) is 13.0. The molecule has 2 nitrogen and oxygen atoms in total. The van der Waals surface area contributed by atoms with E-state index in [0.717, 1.165) is 17.7 Å². The monoisotopic (exact) mass is 251 g/mol. The number of nitrogens with one attached hydrogen (secondary N) is 1. The van der Waals surface area contributed by atoms with E-state index in [1.807, 2.05) is 0 Å². The Hall–Kier alpha value is -1.09. The third-order valence-electron chi connectivity index (χ3n) is 3.13. The van der Waals surface area contributed by atoms with Crippen molar-refractivity contribution in [2.45, 2.75) is 45.7 Å². The average Bonchev–Trinajstić information content (AvgIpc) is 3.12. The number of hydrogen-bond acceptors (Lipinski definition) is 2. The number of benzene rings is 1. The molecule has 1 aromatic carbocycles. The van der Waals surface area contributed by atoms with Gasteiger partial charge in [-0.2, -0.15) is 0 Å². The van der Waals surface area contributed by atoms with Gasteiger partial charge in [-0.3, -0.25) is 0 Å². The van der Waals surface area contributed by atoms with Crippen LogP contribution in [-0.2, 0) is 6.54 Å². The van der Waals surface area contributed by atoms with Gasteiger partial charge >= 0.3 is 0 Å². The van der Waals surface area contributed by atoms with Crippen LogP contribution in [0.5, 0.6) is 5.75 Å². The van der Waals surface area contributed by atoms with Crippen molar-refractivity contribution in [3.63, 3.8) is 0 Å². The van der Waals surface area contributed by atoms with E-state index in [9.17, 15) is 4.39 Å². The number of rotatable bonds is 7. The molecule has 0 heterocycles. The normalized spacial score (nSPS) is 15.1. The van der Waals surface area contributed by atoms with Gasteiger partial charge in [-0.25, -0.2) is 4.39 Å². The lowest BCUT2D eigenvalue weighted by Gasteiger charge is -2.13. The van der Waals surface area contributed by atoms with E-state index >= 15 is 0 Å². The summed E-state index contributed by atoms with van der Waals surface area (Å²) in [6, 6.07) is 5.39. The Kier molecular flexibility index (Phi) is 4.59. The Labute approximate surface area is 109 Å². The van der Waals surface area contributed by atoms with Gasteiger partial charge < -0.3 is 10.1 Å². The van der Waals surface area contributed by atoms with Gasteiger partial charge in [-0.1, -0.05) is 13.8 Å². The first-order chi connectivity index (χ1) is 8.65. The highest BCUT2D eigenvalue weighted by atomic mass is 19.1. The van der Waals surface area contributed by atoms with Crippen molar-refractivity contribution in [2.24, 2.45) is 5.92 Å².